The minimum atomic E-state index is -0.526. The Labute approximate surface area is 130 Å². The van der Waals surface area contributed by atoms with Gasteiger partial charge >= 0.3 is 6.09 Å². The number of carbonyl (C=O) groups excluding carboxylic acids is 2. The van der Waals surface area contributed by atoms with E-state index in [1.54, 1.807) is 29.2 Å². The number of amides is 1. The smallest absolute Gasteiger partial charge is 0.410 e. The molecule has 4 nitrogen and oxygen atoms in total. The highest BCUT2D eigenvalue weighted by Gasteiger charge is 2.34. The SMILES string of the molecule is CC(C)(C)OC(=O)N1CC[C@H](C(=O)c2ccccc2Cl)C1. The van der Waals surface area contributed by atoms with Crippen LogP contribution in [0.25, 0.3) is 0 Å². The summed E-state index contributed by atoms with van der Waals surface area (Å²) in [7, 11) is 0. The molecule has 1 aromatic rings. The molecule has 0 bridgehead atoms. The van der Waals surface area contributed by atoms with Crippen molar-refractivity contribution in [2.24, 2.45) is 5.92 Å². The second kappa shape index (κ2) is 6.06. The molecule has 0 aromatic heterocycles. The molecule has 0 radical (unpaired) electrons. The van der Waals surface area contributed by atoms with Gasteiger partial charge in [-0.05, 0) is 39.3 Å². The summed E-state index contributed by atoms with van der Waals surface area (Å²) in [4.78, 5) is 26.0. The maximum atomic E-state index is 12.5. The fourth-order valence-corrected chi connectivity index (χ4v) is 2.58. The maximum absolute atomic E-state index is 12.5. The number of Topliss-reactive ketones (excluding diaryl/α,β-unsaturated/α-hetero) is 1. The lowest BCUT2D eigenvalue weighted by Gasteiger charge is -2.24. The second-order valence-corrected chi connectivity index (χ2v) is 6.66. The molecule has 1 aliphatic rings. The Morgan fingerprint density at radius 3 is 2.57 bits per heavy atom. The Balaban J connectivity index is 2.01. The van der Waals surface area contributed by atoms with Crippen LogP contribution in [0.3, 0.4) is 0 Å². The minimum absolute atomic E-state index is 0.00772. The zero-order chi connectivity index (χ0) is 15.6. The van der Waals surface area contributed by atoms with Crippen molar-refractivity contribution < 1.29 is 14.3 Å². The van der Waals surface area contributed by atoms with Crippen molar-refractivity contribution in [3.63, 3.8) is 0 Å². The number of ether oxygens (including phenoxy) is 1. The molecular weight excluding hydrogens is 290 g/mol. The van der Waals surface area contributed by atoms with Crippen LogP contribution < -0.4 is 0 Å². The van der Waals surface area contributed by atoms with E-state index >= 15 is 0 Å². The van der Waals surface area contributed by atoms with Crippen molar-refractivity contribution in [3.8, 4) is 0 Å². The summed E-state index contributed by atoms with van der Waals surface area (Å²) in [6, 6.07) is 7.01. The highest BCUT2D eigenvalue weighted by Crippen LogP contribution is 2.26. The maximum Gasteiger partial charge on any atom is 0.410 e. The van der Waals surface area contributed by atoms with Crippen LogP contribution >= 0.6 is 11.6 Å². The Morgan fingerprint density at radius 2 is 1.95 bits per heavy atom. The van der Waals surface area contributed by atoms with Crippen molar-refractivity contribution in [1.82, 2.24) is 4.90 Å². The summed E-state index contributed by atoms with van der Waals surface area (Å²) in [6.07, 6.45) is 0.278. The number of rotatable bonds is 2. The monoisotopic (exact) mass is 309 g/mol. The summed E-state index contributed by atoms with van der Waals surface area (Å²) >= 11 is 6.06. The molecule has 5 heteroatoms. The molecule has 0 unspecified atom stereocenters. The van der Waals surface area contributed by atoms with Gasteiger partial charge in [0.05, 0.1) is 5.02 Å². The van der Waals surface area contributed by atoms with Gasteiger partial charge in [0.1, 0.15) is 5.60 Å². The third-order valence-corrected chi connectivity index (χ3v) is 3.68. The predicted molar refractivity (Wildman–Crippen MR) is 81.7 cm³/mol. The molecule has 0 saturated carbocycles. The first kappa shape index (κ1) is 15.8. The number of ketones is 1. The molecular formula is C16H20ClNO3. The third-order valence-electron chi connectivity index (χ3n) is 3.35. The van der Waals surface area contributed by atoms with Crippen molar-refractivity contribution in [1.29, 1.82) is 0 Å². The van der Waals surface area contributed by atoms with Crippen LogP contribution in [0.5, 0.6) is 0 Å². The van der Waals surface area contributed by atoms with Gasteiger partial charge < -0.3 is 9.64 Å². The van der Waals surface area contributed by atoms with Gasteiger partial charge in [0.15, 0.2) is 5.78 Å². The summed E-state index contributed by atoms with van der Waals surface area (Å²) < 4.78 is 5.33. The lowest BCUT2D eigenvalue weighted by molar-refractivity contribution is 0.0289. The third kappa shape index (κ3) is 3.97. The normalized spacial score (nSPS) is 18.7. The van der Waals surface area contributed by atoms with Crippen molar-refractivity contribution in [3.05, 3.63) is 34.9 Å². The molecule has 1 heterocycles. The highest BCUT2D eigenvalue weighted by atomic mass is 35.5. The van der Waals surface area contributed by atoms with Crippen LogP contribution in [0.1, 0.15) is 37.6 Å². The fraction of sp³-hybridized carbons (Fsp3) is 0.500. The molecule has 21 heavy (non-hydrogen) atoms. The molecule has 1 saturated heterocycles. The first-order chi connectivity index (χ1) is 9.78. The summed E-state index contributed by atoms with van der Waals surface area (Å²) in [5.74, 6) is -0.218. The molecule has 0 aliphatic carbocycles. The van der Waals surface area contributed by atoms with Crippen LogP contribution in [-0.4, -0.2) is 35.5 Å². The molecule has 0 spiro atoms. The Bertz CT molecular complexity index is 551. The zero-order valence-electron chi connectivity index (χ0n) is 12.6. The quantitative estimate of drug-likeness (QED) is 0.781. The summed E-state index contributed by atoms with van der Waals surface area (Å²) in [5, 5.41) is 0.457. The average molecular weight is 310 g/mol. The van der Waals surface area contributed by atoms with E-state index in [-0.39, 0.29) is 17.8 Å². The van der Waals surface area contributed by atoms with E-state index in [2.05, 4.69) is 0 Å². The van der Waals surface area contributed by atoms with E-state index in [1.165, 1.54) is 0 Å². The molecule has 1 amide bonds. The molecule has 2 rings (SSSR count). The highest BCUT2D eigenvalue weighted by molar-refractivity contribution is 6.34. The van der Waals surface area contributed by atoms with E-state index in [4.69, 9.17) is 16.3 Å². The van der Waals surface area contributed by atoms with Crippen molar-refractivity contribution >= 4 is 23.5 Å². The standard InChI is InChI=1S/C16H20ClNO3/c1-16(2,3)21-15(20)18-9-8-11(10-18)14(19)12-6-4-5-7-13(12)17/h4-7,11H,8-10H2,1-3H3/t11-/m0/s1. The van der Waals surface area contributed by atoms with E-state index in [1.807, 2.05) is 20.8 Å². The van der Waals surface area contributed by atoms with Crippen LogP contribution in [0.15, 0.2) is 24.3 Å². The minimum Gasteiger partial charge on any atom is -0.444 e. The van der Waals surface area contributed by atoms with Crippen LogP contribution in [0.2, 0.25) is 5.02 Å². The predicted octanol–water partition coefficient (Wildman–Crippen LogP) is 3.78. The van der Waals surface area contributed by atoms with Crippen LogP contribution in [0.4, 0.5) is 4.79 Å². The van der Waals surface area contributed by atoms with Gasteiger partial charge in [-0.15, -0.1) is 0 Å². The molecule has 1 atom stereocenters. The molecule has 1 aromatic carbocycles. The lowest BCUT2D eigenvalue weighted by Crippen LogP contribution is -2.35. The van der Waals surface area contributed by atoms with Gasteiger partial charge in [0, 0.05) is 24.6 Å². The summed E-state index contributed by atoms with van der Waals surface area (Å²) in [5.41, 5.74) is -0.00254. The molecule has 0 N–H and O–H groups in total. The largest absolute Gasteiger partial charge is 0.444 e. The van der Waals surface area contributed by atoms with Gasteiger partial charge in [0.2, 0.25) is 0 Å². The van der Waals surface area contributed by atoms with Gasteiger partial charge in [-0.2, -0.15) is 0 Å². The molecule has 1 aliphatic heterocycles. The van der Waals surface area contributed by atoms with E-state index in [0.717, 1.165) is 0 Å². The topological polar surface area (TPSA) is 46.6 Å². The van der Waals surface area contributed by atoms with Gasteiger partial charge in [0.25, 0.3) is 0 Å². The molecule has 1 fully saturated rings. The average Bonchev–Trinajstić information content (AvgIpc) is 2.86. The second-order valence-electron chi connectivity index (χ2n) is 6.26. The van der Waals surface area contributed by atoms with Crippen molar-refractivity contribution in [2.45, 2.75) is 32.8 Å². The van der Waals surface area contributed by atoms with E-state index in [9.17, 15) is 9.59 Å². The number of benzene rings is 1. The Morgan fingerprint density at radius 1 is 1.29 bits per heavy atom. The number of hydrogen-bond acceptors (Lipinski definition) is 3. The first-order valence-electron chi connectivity index (χ1n) is 7.04. The van der Waals surface area contributed by atoms with Crippen molar-refractivity contribution in [2.75, 3.05) is 13.1 Å². The van der Waals surface area contributed by atoms with Gasteiger partial charge in [-0.3, -0.25) is 4.79 Å². The fourth-order valence-electron chi connectivity index (χ4n) is 2.35. The Kier molecular flexibility index (Phi) is 4.57. The number of halogens is 1. The van der Waals surface area contributed by atoms with Crippen LogP contribution in [0, 0.1) is 5.92 Å². The zero-order valence-corrected chi connectivity index (χ0v) is 13.3. The number of likely N-dealkylation sites (tertiary alicyclic amines) is 1. The van der Waals surface area contributed by atoms with Gasteiger partial charge in [-0.1, -0.05) is 23.7 Å². The van der Waals surface area contributed by atoms with Crippen LogP contribution in [-0.2, 0) is 4.74 Å². The first-order valence-corrected chi connectivity index (χ1v) is 7.42. The van der Waals surface area contributed by atoms with E-state index < -0.39 is 5.60 Å². The van der Waals surface area contributed by atoms with Gasteiger partial charge in [-0.25, -0.2) is 4.79 Å². The number of hydrogen-bond donors (Lipinski definition) is 0. The Hall–Kier alpha value is -1.55. The summed E-state index contributed by atoms with van der Waals surface area (Å²) in [6.45, 7) is 6.41. The van der Waals surface area contributed by atoms with E-state index in [0.29, 0.717) is 30.1 Å². The molecule has 114 valence electrons. The number of carbonyl (C=O) groups is 2. The number of nitrogens with zero attached hydrogens (tertiary/aromatic N) is 1. The lowest BCUT2D eigenvalue weighted by atomic mass is 9.97.